The first-order chi connectivity index (χ1) is 14.0. The molecule has 0 aliphatic rings. The molecule has 1 atom stereocenters. The summed E-state index contributed by atoms with van der Waals surface area (Å²) in [4.78, 5) is 39.0. The van der Waals surface area contributed by atoms with E-state index < -0.39 is 35.4 Å². The maximum absolute atomic E-state index is 13.3. The molecule has 0 fully saturated rings. The number of halogens is 2. The van der Waals surface area contributed by atoms with Gasteiger partial charge in [-0.05, 0) is 62.9 Å². The third-order valence-corrected chi connectivity index (χ3v) is 4.85. The Hall–Kier alpha value is -2.65. The highest BCUT2D eigenvalue weighted by molar-refractivity contribution is 7.14. The van der Waals surface area contributed by atoms with Crippen LogP contribution in [0.4, 0.5) is 13.8 Å². The van der Waals surface area contributed by atoms with Gasteiger partial charge in [0.1, 0.15) is 22.7 Å². The number of hydrogen-bond acceptors (Lipinski definition) is 5. The number of amides is 3. The highest BCUT2D eigenvalue weighted by Gasteiger charge is 2.30. The fraction of sp³-hybridized carbons (Fsp3) is 0.381. The molecule has 0 saturated heterocycles. The smallest absolute Gasteiger partial charge is 0.256 e. The van der Waals surface area contributed by atoms with Crippen molar-refractivity contribution in [1.82, 2.24) is 10.6 Å². The summed E-state index contributed by atoms with van der Waals surface area (Å²) in [6.07, 6.45) is -0.301. The van der Waals surface area contributed by atoms with Crippen LogP contribution in [0.2, 0.25) is 0 Å². The van der Waals surface area contributed by atoms with Gasteiger partial charge in [-0.2, -0.15) is 0 Å². The first kappa shape index (κ1) is 23.6. The molecule has 1 aromatic carbocycles. The summed E-state index contributed by atoms with van der Waals surface area (Å²) in [5.74, 6) is -3.22. The first-order valence-corrected chi connectivity index (χ1v) is 10.2. The van der Waals surface area contributed by atoms with Gasteiger partial charge in [-0.25, -0.2) is 13.7 Å². The van der Waals surface area contributed by atoms with Gasteiger partial charge in [-0.3, -0.25) is 14.4 Å². The van der Waals surface area contributed by atoms with Crippen molar-refractivity contribution in [3.05, 3.63) is 52.9 Å². The topological polar surface area (TPSA) is 78.5 Å². The van der Waals surface area contributed by atoms with Crippen molar-refractivity contribution in [1.29, 1.82) is 0 Å². The highest BCUT2D eigenvalue weighted by atomic mass is 32.1. The Morgan fingerprint density at radius 2 is 1.77 bits per heavy atom. The second kappa shape index (κ2) is 9.90. The number of rotatable bonds is 7. The van der Waals surface area contributed by atoms with E-state index in [4.69, 9.17) is 0 Å². The van der Waals surface area contributed by atoms with E-state index in [9.17, 15) is 23.2 Å². The van der Waals surface area contributed by atoms with Crippen LogP contribution in [0, 0.1) is 11.6 Å². The number of carbonyl (C=O) groups is 3. The van der Waals surface area contributed by atoms with Crippen molar-refractivity contribution in [2.24, 2.45) is 0 Å². The van der Waals surface area contributed by atoms with Crippen LogP contribution < -0.4 is 15.5 Å². The van der Waals surface area contributed by atoms with Gasteiger partial charge in [0.15, 0.2) is 0 Å². The molecule has 0 bridgehead atoms. The van der Waals surface area contributed by atoms with Crippen LogP contribution in [-0.4, -0.2) is 35.8 Å². The molecule has 0 aliphatic heterocycles. The van der Waals surface area contributed by atoms with Gasteiger partial charge in [0.05, 0.1) is 13.0 Å². The Labute approximate surface area is 178 Å². The summed E-state index contributed by atoms with van der Waals surface area (Å²) in [6.45, 7) is 7.09. The highest BCUT2D eigenvalue weighted by Crippen LogP contribution is 2.22. The van der Waals surface area contributed by atoms with Crippen LogP contribution in [-0.2, 0) is 20.8 Å². The van der Waals surface area contributed by atoms with Crippen molar-refractivity contribution in [3.8, 4) is 0 Å². The molecule has 2 rings (SSSR count). The zero-order valence-electron chi connectivity index (χ0n) is 17.3. The molecule has 6 nitrogen and oxygen atoms in total. The van der Waals surface area contributed by atoms with Crippen LogP contribution in [0.15, 0.2) is 35.7 Å². The number of anilines is 1. The van der Waals surface area contributed by atoms with Crippen molar-refractivity contribution < 1.29 is 23.2 Å². The minimum absolute atomic E-state index is 0.0592. The van der Waals surface area contributed by atoms with E-state index in [2.05, 4.69) is 10.6 Å². The fourth-order valence-electron chi connectivity index (χ4n) is 2.62. The molecule has 162 valence electrons. The Morgan fingerprint density at radius 3 is 2.30 bits per heavy atom. The van der Waals surface area contributed by atoms with Crippen LogP contribution in [0.25, 0.3) is 0 Å². The monoisotopic (exact) mass is 437 g/mol. The number of thiophene rings is 1. The number of carbonyl (C=O) groups excluding carboxylic acids is 3. The van der Waals surface area contributed by atoms with Gasteiger partial charge < -0.3 is 10.6 Å². The van der Waals surface area contributed by atoms with E-state index in [1.54, 1.807) is 17.5 Å². The molecule has 1 heterocycles. The molecular weight excluding hydrogens is 412 g/mol. The molecule has 2 N–H and O–H groups in total. The van der Waals surface area contributed by atoms with Crippen LogP contribution in [0.3, 0.4) is 0 Å². The van der Waals surface area contributed by atoms with Crippen molar-refractivity contribution >= 4 is 34.1 Å². The van der Waals surface area contributed by atoms with Gasteiger partial charge in [0, 0.05) is 11.6 Å². The second-order valence-corrected chi connectivity index (χ2v) is 8.79. The standard InChI is InChI=1S/C21H25F2N3O3S/c1-13(25-17(27)10-14-8-15(22)11-16(23)9-14)20(29)26(19-6-5-7-30-19)18(28)12-24-21(2,3)4/h5-9,11,13,24H,10,12H2,1-4H3,(H,25,27)/t13-/m0/s1. The summed E-state index contributed by atoms with van der Waals surface area (Å²) in [6, 6.07) is 5.15. The lowest BCUT2D eigenvalue weighted by Crippen LogP contribution is -2.53. The average molecular weight is 438 g/mol. The molecule has 0 saturated carbocycles. The minimum Gasteiger partial charge on any atom is -0.344 e. The average Bonchev–Trinajstić information content (AvgIpc) is 3.12. The number of imide groups is 1. The largest absolute Gasteiger partial charge is 0.344 e. The van der Waals surface area contributed by atoms with Gasteiger partial charge in [0.25, 0.3) is 5.91 Å². The molecule has 0 unspecified atom stereocenters. The number of nitrogens with one attached hydrogen (secondary N) is 2. The Kier molecular flexibility index (Phi) is 7.80. The molecule has 9 heteroatoms. The van der Waals surface area contributed by atoms with Crippen LogP contribution in [0.1, 0.15) is 33.3 Å². The van der Waals surface area contributed by atoms with Gasteiger partial charge in [-0.1, -0.05) is 0 Å². The van der Waals surface area contributed by atoms with Crippen molar-refractivity contribution in [3.63, 3.8) is 0 Å². The normalized spacial score (nSPS) is 12.3. The summed E-state index contributed by atoms with van der Waals surface area (Å²) in [5, 5.41) is 7.72. The maximum atomic E-state index is 13.3. The lowest BCUT2D eigenvalue weighted by molar-refractivity contribution is -0.130. The van der Waals surface area contributed by atoms with Gasteiger partial charge >= 0.3 is 0 Å². The zero-order valence-corrected chi connectivity index (χ0v) is 18.1. The summed E-state index contributed by atoms with van der Waals surface area (Å²) in [7, 11) is 0. The van der Waals surface area contributed by atoms with E-state index in [0.717, 1.165) is 17.0 Å². The van der Waals surface area contributed by atoms with Crippen LogP contribution in [0.5, 0.6) is 0 Å². The predicted molar refractivity (Wildman–Crippen MR) is 112 cm³/mol. The molecular formula is C21H25F2N3O3S. The Balaban J connectivity index is 2.09. The third-order valence-electron chi connectivity index (χ3n) is 4.00. The lowest BCUT2D eigenvalue weighted by Gasteiger charge is -2.26. The molecule has 0 aliphatic carbocycles. The Morgan fingerprint density at radius 1 is 1.13 bits per heavy atom. The predicted octanol–water partition coefficient (Wildman–Crippen LogP) is 3.02. The molecule has 1 aromatic heterocycles. The SMILES string of the molecule is C[C@H](NC(=O)Cc1cc(F)cc(F)c1)C(=O)N(C(=O)CNC(C)(C)C)c1cccs1. The van der Waals surface area contributed by atoms with Crippen molar-refractivity contribution in [2.75, 3.05) is 11.4 Å². The minimum atomic E-state index is -1.02. The second-order valence-electron chi connectivity index (χ2n) is 7.87. The molecule has 30 heavy (non-hydrogen) atoms. The van der Waals surface area contributed by atoms with E-state index >= 15 is 0 Å². The number of hydrogen-bond donors (Lipinski definition) is 2. The van der Waals surface area contributed by atoms with E-state index in [1.807, 2.05) is 20.8 Å². The molecule has 2 aromatic rings. The summed E-state index contributed by atoms with van der Waals surface area (Å²) >= 11 is 1.22. The zero-order chi connectivity index (χ0) is 22.5. The number of nitrogens with zero attached hydrogens (tertiary/aromatic N) is 1. The molecule has 0 spiro atoms. The third kappa shape index (κ3) is 7.00. The molecule has 0 radical (unpaired) electrons. The quantitative estimate of drug-likeness (QED) is 0.698. The Bertz CT molecular complexity index is 890. The van der Waals surface area contributed by atoms with Gasteiger partial charge in [0.2, 0.25) is 11.8 Å². The first-order valence-electron chi connectivity index (χ1n) is 9.36. The van der Waals surface area contributed by atoms with Gasteiger partial charge in [-0.15, -0.1) is 11.3 Å². The maximum Gasteiger partial charge on any atom is 0.256 e. The lowest BCUT2D eigenvalue weighted by atomic mass is 10.1. The van der Waals surface area contributed by atoms with Crippen LogP contribution >= 0.6 is 11.3 Å². The van der Waals surface area contributed by atoms with Crippen molar-refractivity contribution in [2.45, 2.75) is 45.7 Å². The van der Waals surface area contributed by atoms with E-state index in [0.29, 0.717) is 11.1 Å². The van der Waals surface area contributed by atoms with E-state index in [-0.39, 0.29) is 24.1 Å². The fourth-order valence-corrected chi connectivity index (χ4v) is 3.37. The summed E-state index contributed by atoms with van der Waals surface area (Å²) in [5.41, 5.74) is -0.176. The number of benzene rings is 1. The summed E-state index contributed by atoms with van der Waals surface area (Å²) < 4.78 is 26.6. The van der Waals surface area contributed by atoms with E-state index in [1.165, 1.54) is 18.3 Å². The molecule has 3 amide bonds.